The second kappa shape index (κ2) is 5.76. The zero-order chi connectivity index (χ0) is 15.6. The Morgan fingerprint density at radius 2 is 1.65 bits per heavy atom. The van der Waals surface area contributed by atoms with E-state index in [1.807, 2.05) is 49.4 Å². The summed E-state index contributed by atoms with van der Waals surface area (Å²) in [5, 5.41) is 3.33. The van der Waals surface area contributed by atoms with E-state index in [0.29, 0.717) is 13.2 Å². The topological polar surface area (TPSA) is 56.3 Å². The lowest BCUT2D eigenvalue weighted by Gasteiger charge is -2.12. The number of para-hydroxylation sites is 2. The van der Waals surface area contributed by atoms with Crippen LogP contribution in [0.5, 0.6) is 11.5 Å². The largest absolute Gasteiger partial charge is 0.490 e. The van der Waals surface area contributed by atoms with Gasteiger partial charge in [-0.25, -0.2) is 9.97 Å². The van der Waals surface area contributed by atoms with Crippen LogP contribution in [0.4, 0.5) is 11.5 Å². The molecule has 0 saturated heterocycles. The van der Waals surface area contributed by atoms with Crippen LogP contribution in [0.25, 0.3) is 11.0 Å². The van der Waals surface area contributed by atoms with Gasteiger partial charge in [-0.05, 0) is 31.2 Å². The first-order chi connectivity index (χ1) is 11.3. The van der Waals surface area contributed by atoms with Gasteiger partial charge in [0.25, 0.3) is 0 Å². The molecule has 0 fully saturated rings. The molecule has 2 aromatic carbocycles. The molecule has 0 bridgehead atoms. The summed E-state index contributed by atoms with van der Waals surface area (Å²) >= 11 is 0. The van der Waals surface area contributed by atoms with Crippen LogP contribution in [0.15, 0.2) is 42.5 Å². The Hall–Kier alpha value is -2.82. The highest BCUT2D eigenvalue weighted by molar-refractivity contribution is 5.77. The van der Waals surface area contributed by atoms with Gasteiger partial charge in [0, 0.05) is 18.2 Å². The Morgan fingerprint density at radius 3 is 2.48 bits per heavy atom. The molecule has 1 aliphatic heterocycles. The Bertz CT molecular complexity index is 864. The molecule has 5 heteroatoms. The molecule has 5 nitrogen and oxygen atoms in total. The van der Waals surface area contributed by atoms with Crippen molar-refractivity contribution in [2.45, 2.75) is 13.3 Å². The molecule has 0 spiro atoms. The standard InChI is InChI=1S/C18H17N3O2/c1-12-18(21-15-6-3-2-5-14(15)19-12)20-13-7-8-16-17(11-13)23-10-4-9-22-16/h2-3,5-8,11H,4,9-10H2,1H3,(H,20,21). The lowest BCUT2D eigenvalue weighted by Crippen LogP contribution is -2.00. The number of rotatable bonds is 2. The molecule has 3 aromatic rings. The van der Waals surface area contributed by atoms with Crippen molar-refractivity contribution in [1.29, 1.82) is 0 Å². The Labute approximate surface area is 134 Å². The maximum atomic E-state index is 5.73. The zero-order valence-corrected chi connectivity index (χ0v) is 12.9. The van der Waals surface area contributed by atoms with Crippen LogP contribution in [0.1, 0.15) is 12.1 Å². The van der Waals surface area contributed by atoms with Crippen LogP contribution < -0.4 is 14.8 Å². The van der Waals surface area contributed by atoms with Crippen LogP contribution >= 0.6 is 0 Å². The third-order valence-electron chi connectivity index (χ3n) is 3.76. The summed E-state index contributed by atoms with van der Waals surface area (Å²) in [6.07, 6.45) is 0.896. The predicted molar refractivity (Wildman–Crippen MR) is 89.6 cm³/mol. The first kappa shape index (κ1) is 13.8. The quantitative estimate of drug-likeness (QED) is 0.779. The molecule has 2 heterocycles. The van der Waals surface area contributed by atoms with Crippen molar-refractivity contribution in [2.75, 3.05) is 18.5 Å². The molecule has 0 amide bonds. The van der Waals surface area contributed by atoms with Gasteiger partial charge in [0.15, 0.2) is 17.3 Å². The Balaban J connectivity index is 1.67. The number of aromatic nitrogens is 2. The van der Waals surface area contributed by atoms with E-state index in [4.69, 9.17) is 9.47 Å². The SMILES string of the molecule is Cc1nc2ccccc2nc1Nc1ccc2c(c1)OCCCO2. The number of nitrogens with zero attached hydrogens (tertiary/aromatic N) is 2. The number of aryl methyl sites for hydroxylation is 1. The molecule has 116 valence electrons. The summed E-state index contributed by atoms with van der Waals surface area (Å²) < 4.78 is 11.4. The van der Waals surface area contributed by atoms with Crippen molar-refractivity contribution in [2.24, 2.45) is 0 Å². The van der Waals surface area contributed by atoms with E-state index in [-0.39, 0.29) is 0 Å². The molecule has 23 heavy (non-hydrogen) atoms. The molecule has 1 N–H and O–H groups in total. The average molecular weight is 307 g/mol. The fraction of sp³-hybridized carbons (Fsp3) is 0.222. The van der Waals surface area contributed by atoms with E-state index in [0.717, 1.165) is 46.2 Å². The average Bonchev–Trinajstić information content (AvgIpc) is 2.80. The first-order valence-corrected chi connectivity index (χ1v) is 7.70. The fourth-order valence-electron chi connectivity index (χ4n) is 2.58. The second-order valence-electron chi connectivity index (χ2n) is 5.48. The van der Waals surface area contributed by atoms with E-state index in [1.54, 1.807) is 0 Å². The summed E-state index contributed by atoms with van der Waals surface area (Å²) in [4.78, 5) is 9.25. The maximum Gasteiger partial charge on any atom is 0.163 e. The molecule has 0 radical (unpaired) electrons. The number of anilines is 2. The monoisotopic (exact) mass is 307 g/mol. The lowest BCUT2D eigenvalue weighted by atomic mass is 10.2. The van der Waals surface area contributed by atoms with E-state index in [9.17, 15) is 0 Å². The van der Waals surface area contributed by atoms with Crippen LogP contribution in [-0.2, 0) is 0 Å². The van der Waals surface area contributed by atoms with Gasteiger partial charge in [-0.3, -0.25) is 0 Å². The van der Waals surface area contributed by atoms with E-state index in [2.05, 4.69) is 15.3 Å². The van der Waals surface area contributed by atoms with Gasteiger partial charge in [0.1, 0.15) is 0 Å². The zero-order valence-electron chi connectivity index (χ0n) is 12.9. The molecular weight excluding hydrogens is 290 g/mol. The van der Waals surface area contributed by atoms with E-state index in [1.165, 1.54) is 0 Å². The third kappa shape index (κ3) is 2.77. The highest BCUT2D eigenvalue weighted by Crippen LogP contribution is 2.33. The van der Waals surface area contributed by atoms with Gasteiger partial charge >= 0.3 is 0 Å². The molecule has 0 saturated carbocycles. The smallest absolute Gasteiger partial charge is 0.163 e. The van der Waals surface area contributed by atoms with Crippen LogP contribution in [0, 0.1) is 6.92 Å². The molecule has 0 aliphatic carbocycles. The number of benzene rings is 2. The molecular formula is C18H17N3O2. The number of hydrogen-bond donors (Lipinski definition) is 1. The number of fused-ring (bicyclic) bond motifs is 2. The van der Waals surface area contributed by atoms with E-state index >= 15 is 0 Å². The molecule has 0 atom stereocenters. The van der Waals surface area contributed by atoms with E-state index < -0.39 is 0 Å². The summed E-state index contributed by atoms with van der Waals surface area (Å²) in [7, 11) is 0. The van der Waals surface area contributed by atoms with Gasteiger partial charge < -0.3 is 14.8 Å². The number of nitrogens with one attached hydrogen (secondary N) is 1. The predicted octanol–water partition coefficient (Wildman–Crippen LogP) is 3.84. The highest BCUT2D eigenvalue weighted by atomic mass is 16.5. The van der Waals surface area contributed by atoms with Crippen molar-refractivity contribution in [3.05, 3.63) is 48.2 Å². The molecule has 4 rings (SSSR count). The maximum absolute atomic E-state index is 5.73. The van der Waals surface area contributed by atoms with Gasteiger partial charge in [-0.2, -0.15) is 0 Å². The minimum atomic E-state index is 0.672. The van der Waals surface area contributed by atoms with Crippen molar-refractivity contribution in [3.63, 3.8) is 0 Å². The molecule has 1 aromatic heterocycles. The van der Waals surface area contributed by atoms with Gasteiger partial charge in [-0.15, -0.1) is 0 Å². The summed E-state index contributed by atoms with van der Waals surface area (Å²) in [5.74, 6) is 2.30. The minimum Gasteiger partial charge on any atom is -0.490 e. The Kier molecular flexibility index (Phi) is 3.46. The van der Waals surface area contributed by atoms with Crippen molar-refractivity contribution in [1.82, 2.24) is 9.97 Å². The van der Waals surface area contributed by atoms with Crippen LogP contribution in [0.3, 0.4) is 0 Å². The first-order valence-electron chi connectivity index (χ1n) is 7.70. The van der Waals surface area contributed by atoms with Crippen molar-refractivity contribution >= 4 is 22.5 Å². The van der Waals surface area contributed by atoms with Crippen molar-refractivity contribution in [3.8, 4) is 11.5 Å². The summed E-state index contributed by atoms with van der Waals surface area (Å²) in [5.41, 5.74) is 3.53. The molecule has 0 unspecified atom stereocenters. The van der Waals surface area contributed by atoms with Crippen molar-refractivity contribution < 1.29 is 9.47 Å². The summed E-state index contributed by atoms with van der Waals surface area (Å²) in [6.45, 7) is 3.31. The normalized spacial score (nSPS) is 13.6. The molecule has 1 aliphatic rings. The van der Waals surface area contributed by atoms with Gasteiger partial charge in [0.2, 0.25) is 0 Å². The van der Waals surface area contributed by atoms with Gasteiger partial charge in [0.05, 0.1) is 29.9 Å². The van der Waals surface area contributed by atoms with Crippen LogP contribution in [0.2, 0.25) is 0 Å². The Morgan fingerprint density at radius 1 is 0.913 bits per heavy atom. The fourth-order valence-corrected chi connectivity index (χ4v) is 2.58. The lowest BCUT2D eigenvalue weighted by molar-refractivity contribution is 0.297. The van der Waals surface area contributed by atoms with Gasteiger partial charge in [-0.1, -0.05) is 12.1 Å². The number of hydrogen-bond acceptors (Lipinski definition) is 5. The minimum absolute atomic E-state index is 0.672. The third-order valence-corrected chi connectivity index (χ3v) is 3.76. The number of ether oxygens (including phenoxy) is 2. The second-order valence-corrected chi connectivity index (χ2v) is 5.48. The summed E-state index contributed by atoms with van der Waals surface area (Å²) in [6, 6.07) is 13.7. The van der Waals surface area contributed by atoms with Crippen LogP contribution in [-0.4, -0.2) is 23.2 Å². The highest BCUT2D eigenvalue weighted by Gasteiger charge is 2.12.